The molecule has 0 aromatic rings. The lowest BCUT2D eigenvalue weighted by atomic mass is 9.75. The molecule has 0 unspecified atom stereocenters. The Morgan fingerprint density at radius 3 is 2.28 bits per heavy atom. The molecule has 3 nitrogen and oxygen atoms in total. The summed E-state index contributed by atoms with van der Waals surface area (Å²) in [5.41, 5.74) is -0.683. The lowest BCUT2D eigenvalue weighted by molar-refractivity contribution is -0.141. The first-order chi connectivity index (χ1) is 8.41. The number of nitrogens with one attached hydrogen (secondary N) is 1. The van der Waals surface area contributed by atoms with Crippen molar-refractivity contribution in [3.8, 4) is 0 Å². The van der Waals surface area contributed by atoms with Crippen LogP contribution < -0.4 is 5.32 Å². The highest BCUT2D eigenvalue weighted by Gasteiger charge is 2.39. The van der Waals surface area contributed by atoms with E-state index in [4.69, 9.17) is 0 Å². The van der Waals surface area contributed by atoms with E-state index in [9.17, 15) is 9.90 Å². The first-order valence-corrected chi connectivity index (χ1v) is 8.18. The van der Waals surface area contributed by atoms with Gasteiger partial charge in [-0.1, -0.05) is 13.8 Å². The van der Waals surface area contributed by atoms with Gasteiger partial charge in [0, 0.05) is 6.04 Å². The van der Waals surface area contributed by atoms with E-state index in [0.29, 0.717) is 18.3 Å². The zero-order valence-corrected chi connectivity index (χ0v) is 12.3. The van der Waals surface area contributed by atoms with Crippen LogP contribution in [-0.4, -0.2) is 34.2 Å². The summed E-state index contributed by atoms with van der Waals surface area (Å²) >= 11 is 1.82. The van der Waals surface area contributed by atoms with Gasteiger partial charge in [-0.3, -0.25) is 4.79 Å². The molecule has 0 aromatic carbocycles. The summed E-state index contributed by atoms with van der Waals surface area (Å²) in [5, 5.41) is 13.4. The van der Waals surface area contributed by atoms with E-state index in [1.54, 1.807) is 0 Å². The van der Waals surface area contributed by atoms with Crippen molar-refractivity contribution in [3.05, 3.63) is 0 Å². The molecule has 0 bridgehead atoms. The average Bonchev–Trinajstić information content (AvgIpc) is 2.33. The third kappa shape index (κ3) is 3.41. The van der Waals surface area contributed by atoms with Crippen LogP contribution in [0.3, 0.4) is 0 Å². The van der Waals surface area contributed by atoms with E-state index in [-0.39, 0.29) is 11.9 Å². The number of amides is 1. The summed E-state index contributed by atoms with van der Waals surface area (Å²) in [6.07, 6.45) is 5.61. The second-order valence-corrected chi connectivity index (χ2v) is 7.78. The van der Waals surface area contributed by atoms with Gasteiger partial charge in [0.1, 0.15) is 5.60 Å². The highest BCUT2D eigenvalue weighted by atomic mass is 32.2. The minimum absolute atomic E-state index is 0.132. The number of thioether (sulfide) groups is 1. The molecule has 2 fully saturated rings. The monoisotopic (exact) mass is 271 g/mol. The van der Waals surface area contributed by atoms with Crippen LogP contribution in [0, 0.1) is 5.41 Å². The third-order valence-corrected chi connectivity index (χ3v) is 5.40. The van der Waals surface area contributed by atoms with Crippen LogP contribution in [0.15, 0.2) is 0 Å². The number of aliphatic hydroxyl groups is 1. The Hall–Kier alpha value is -0.220. The van der Waals surface area contributed by atoms with E-state index < -0.39 is 5.60 Å². The van der Waals surface area contributed by atoms with Crippen molar-refractivity contribution < 1.29 is 9.90 Å². The molecule has 0 radical (unpaired) electrons. The molecule has 2 aliphatic rings. The second kappa shape index (κ2) is 5.41. The van der Waals surface area contributed by atoms with Gasteiger partial charge in [0.05, 0.1) is 0 Å². The lowest BCUT2D eigenvalue weighted by Gasteiger charge is -2.37. The molecule has 2 rings (SSSR count). The first kappa shape index (κ1) is 14.2. The zero-order chi connectivity index (χ0) is 13.2. The molecule has 1 saturated carbocycles. The Balaban J connectivity index is 1.84. The SMILES string of the molecule is CC1(C)CCC(NC(=O)C2(O)CCSCC2)CC1. The van der Waals surface area contributed by atoms with E-state index in [2.05, 4.69) is 19.2 Å². The molecule has 4 heteroatoms. The Morgan fingerprint density at radius 2 is 1.72 bits per heavy atom. The van der Waals surface area contributed by atoms with Crippen molar-refractivity contribution in [2.75, 3.05) is 11.5 Å². The molecular formula is C14H25NO2S. The fourth-order valence-electron chi connectivity index (χ4n) is 2.80. The van der Waals surface area contributed by atoms with Gasteiger partial charge in [-0.2, -0.15) is 11.8 Å². The number of carbonyl (C=O) groups is 1. The van der Waals surface area contributed by atoms with E-state index in [1.807, 2.05) is 11.8 Å². The van der Waals surface area contributed by atoms with E-state index >= 15 is 0 Å². The fraction of sp³-hybridized carbons (Fsp3) is 0.929. The maximum absolute atomic E-state index is 12.2. The molecule has 2 N–H and O–H groups in total. The second-order valence-electron chi connectivity index (χ2n) is 6.56. The predicted octanol–water partition coefficient (Wildman–Crippen LogP) is 2.33. The van der Waals surface area contributed by atoms with Crippen molar-refractivity contribution in [2.24, 2.45) is 5.41 Å². The van der Waals surface area contributed by atoms with Crippen LogP contribution in [-0.2, 0) is 4.79 Å². The molecule has 1 amide bonds. The van der Waals surface area contributed by atoms with Gasteiger partial charge in [0.25, 0.3) is 5.91 Å². The maximum Gasteiger partial charge on any atom is 0.252 e. The van der Waals surface area contributed by atoms with Gasteiger partial charge in [-0.25, -0.2) is 0 Å². The third-order valence-electron chi connectivity index (χ3n) is 4.42. The van der Waals surface area contributed by atoms with Crippen molar-refractivity contribution >= 4 is 17.7 Å². The standard InChI is InChI=1S/C14H25NO2S/c1-13(2)5-3-11(4-6-13)15-12(16)14(17)7-9-18-10-8-14/h11,17H,3-10H2,1-2H3,(H,15,16). The maximum atomic E-state index is 12.2. The summed E-state index contributed by atoms with van der Waals surface area (Å²) < 4.78 is 0. The summed E-state index contributed by atoms with van der Waals surface area (Å²) in [6.45, 7) is 4.58. The minimum Gasteiger partial charge on any atom is -0.380 e. The van der Waals surface area contributed by atoms with E-state index in [0.717, 1.165) is 37.2 Å². The molecule has 1 heterocycles. The number of rotatable bonds is 2. The van der Waals surface area contributed by atoms with Crippen LogP contribution in [0.25, 0.3) is 0 Å². The predicted molar refractivity (Wildman–Crippen MR) is 75.7 cm³/mol. The molecule has 0 aromatic heterocycles. The van der Waals surface area contributed by atoms with Crippen molar-refractivity contribution in [1.29, 1.82) is 0 Å². The topological polar surface area (TPSA) is 49.3 Å². The zero-order valence-electron chi connectivity index (χ0n) is 11.5. The molecule has 1 aliphatic carbocycles. The number of carbonyl (C=O) groups excluding carboxylic acids is 1. The molecule has 0 atom stereocenters. The van der Waals surface area contributed by atoms with Crippen molar-refractivity contribution in [1.82, 2.24) is 5.32 Å². The van der Waals surface area contributed by atoms with Crippen LogP contribution in [0.2, 0.25) is 0 Å². The summed E-state index contributed by atoms with van der Waals surface area (Å²) in [4.78, 5) is 12.2. The molecule has 18 heavy (non-hydrogen) atoms. The Bertz CT molecular complexity index is 301. The summed E-state index contributed by atoms with van der Waals surface area (Å²) in [5.74, 6) is 1.65. The first-order valence-electron chi connectivity index (χ1n) is 7.02. The van der Waals surface area contributed by atoms with Gasteiger partial charge in [0.2, 0.25) is 0 Å². The highest BCUT2D eigenvalue weighted by molar-refractivity contribution is 7.99. The Morgan fingerprint density at radius 1 is 1.17 bits per heavy atom. The van der Waals surface area contributed by atoms with Crippen LogP contribution in [0.4, 0.5) is 0 Å². The van der Waals surface area contributed by atoms with Gasteiger partial charge in [0.15, 0.2) is 0 Å². The quantitative estimate of drug-likeness (QED) is 0.810. The van der Waals surface area contributed by atoms with Crippen LogP contribution in [0.5, 0.6) is 0 Å². The summed E-state index contributed by atoms with van der Waals surface area (Å²) in [7, 11) is 0. The van der Waals surface area contributed by atoms with Crippen LogP contribution in [0.1, 0.15) is 52.4 Å². The normalized spacial score (nSPS) is 27.7. The number of hydrogen-bond donors (Lipinski definition) is 2. The minimum atomic E-state index is -1.10. The fourth-order valence-corrected chi connectivity index (χ4v) is 3.97. The Labute approximate surface area is 114 Å². The average molecular weight is 271 g/mol. The Kier molecular flexibility index (Phi) is 4.27. The highest BCUT2D eigenvalue weighted by Crippen LogP contribution is 2.35. The van der Waals surface area contributed by atoms with Gasteiger partial charge in [-0.15, -0.1) is 0 Å². The van der Waals surface area contributed by atoms with Gasteiger partial charge in [-0.05, 0) is 55.4 Å². The molecule has 1 saturated heterocycles. The van der Waals surface area contributed by atoms with Gasteiger partial charge < -0.3 is 10.4 Å². The molecular weight excluding hydrogens is 246 g/mol. The molecule has 104 valence electrons. The summed E-state index contributed by atoms with van der Waals surface area (Å²) in [6, 6.07) is 0.268. The molecule has 0 spiro atoms. The smallest absolute Gasteiger partial charge is 0.252 e. The van der Waals surface area contributed by atoms with Crippen molar-refractivity contribution in [2.45, 2.75) is 64.0 Å². The number of hydrogen-bond acceptors (Lipinski definition) is 3. The van der Waals surface area contributed by atoms with Gasteiger partial charge >= 0.3 is 0 Å². The van der Waals surface area contributed by atoms with Crippen LogP contribution >= 0.6 is 11.8 Å². The van der Waals surface area contributed by atoms with E-state index in [1.165, 1.54) is 0 Å². The largest absolute Gasteiger partial charge is 0.380 e. The van der Waals surface area contributed by atoms with Crippen molar-refractivity contribution in [3.63, 3.8) is 0 Å². The molecule has 1 aliphatic heterocycles. The lowest BCUT2D eigenvalue weighted by Crippen LogP contribution is -2.52.